The number of carbonyl (C=O) groups excluding carboxylic acids is 2. The molecule has 28 heavy (non-hydrogen) atoms. The van der Waals surface area contributed by atoms with E-state index < -0.39 is 6.03 Å². The van der Waals surface area contributed by atoms with E-state index in [9.17, 15) is 9.59 Å². The molecule has 2 aromatic rings. The average molecular weight is 425 g/mol. The first kappa shape index (κ1) is 23.8. The number of nitrogens with one attached hydrogen (secondary N) is 2. The number of halogens is 2. The molecule has 0 radical (unpaired) electrons. The Morgan fingerprint density at radius 3 is 2.29 bits per heavy atom. The monoisotopic (exact) mass is 424 g/mol. The van der Waals surface area contributed by atoms with Crippen LogP contribution in [-0.4, -0.2) is 36.5 Å². The molecular formula is C20H26Cl2N4O2. The summed E-state index contributed by atoms with van der Waals surface area (Å²) < 4.78 is 0. The van der Waals surface area contributed by atoms with Crippen molar-refractivity contribution >= 4 is 35.9 Å². The SMILES string of the molecule is Cl.NCCCN(Cc1ccccc1)C(=O)CNC(=O)NCc1ccc(Cl)cc1. The number of amides is 3. The predicted molar refractivity (Wildman–Crippen MR) is 114 cm³/mol. The second-order valence-electron chi connectivity index (χ2n) is 6.11. The molecular weight excluding hydrogens is 399 g/mol. The summed E-state index contributed by atoms with van der Waals surface area (Å²) in [6.45, 7) is 1.85. The number of carbonyl (C=O) groups is 2. The van der Waals surface area contributed by atoms with E-state index in [1.54, 1.807) is 17.0 Å². The molecule has 0 spiro atoms. The molecule has 0 aliphatic carbocycles. The third-order valence-corrected chi connectivity index (χ3v) is 4.22. The third kappa shape index (κ3) is 8.61. The zero-order valence-corrected chi connectivity index (χ0v) is 17.1. The molecule has 0 atom stereocenters. The van der Waals surface area contributed by atoms with Crippen LogP contribution in [0.25, 0.3) is 0 Å². The Morgan fingerprint density at radius 2 is 1.64 bits per heavy atom. The van der Waals surface area contributed by atoms with Crippen molar-refractivity contribution in [2.24, 2.45) is 5.73 Å². The Morgan fingerprint density at radius 1 is 0.964 bits per heavy atom. The summed E-state index contributed by atoms with van der Waals surface area (Å²) in [5.74, 6) is -0.144. The number of nitrogens with zero attached hydrogens (tertiary/aromatic N) is 1. The van der Waals surface area contributed by atoms with Gasteiger partial charge in [0.15, 0.2) is 0 Å². The van der Waals surface area contributed by atoms with Gasteiger partial charge >= 0.3 is 6.03 Å². The van der Waals surface area contributed by atoms with Crippen molar-refractivity contribution < 1.29 is 9.59 Å². The molecule has 0 fully saturated rings. The zero-order chi connectivity index (χ0) is 19.5. The highest BCUT2D eigenvalue weighted by Gasteiger charge is 2.14. The Labute approximate surface area is 176 Å². The predicted octanol–water partition coefficient (Wildman–Crippen LogP) is 2.94. The van der Waals surface area contributed by atoms with Gasteiger partial charge in [-0.1, -0.05) is 54.1 Å². The van der Waals surface area contributed by atoms with E-state index >= 15 is 0 Å². The van der Waals surface area contributed by atoms with Crippen LogP contribution in [0.3, 0.4) is 0 Å². The van der Waals surface area contributed by atoms with Gasteiger partial charge in [0.25, 0.3) is 0 Å². The molecule has 0 aliphatic rings. The van der Waals surface area contributed by atoms with Gasteiger partial charge in [-0.3, -0.25) is 4.79 Å². The molecule has 2 rings (SSSR count). The van der Waals surface area contributed by atoms with Gasteiger partial charge in [0.1, 0.15) is 0 Å². The van der Waals surface area contributed by atoms with Gasteiger partial charge in [0.2, 0.25) is 5.91 Å². The van der Waals surface area contributed by atoms with E-state index in [0.717, 1.165) is 11.1 Å². The smallest absolute Gasteiger partial charge is 0.315 e. The number of hydrogen-bond donors (Lipinski definition) is 3. The summed E-state index contributed by atoms with van der Waals surface area (Å²) in [6, 6.07) is 16.5. The molecule has 152 valence electrons. The van der Waals surface area contributed by atoms with Crippen LogP contribution >= 0.6 is 24.0 Å². The highest BCUT2D eigenvalue weighted by Crippen LogP contribution is 2.09. The lowest BCUT2D eigenvalue weighted by molar-refractivity contribution is -0.130. The second-order valence-corrected chi connectivity index (χ2v) is 6.54. The van der Waals surface area contributed by atoms with Crippen molar-refractivity contribution in [3.05, 3.63) is 70.7 Å². The van der Waals surface area contributed by atoms with E-state index in [4.69, 9.17) is 17.3 Å². The maximum absolute atomic E-state index is 12.5. The lowest BCUT2D eigenvalue weighted by Crippen LogP contribution is -2.43. The Kier molecular flexibility index (Phi) is 11.0. The van der Waals surface area contributed by atoms with Crippen LogP contribution in [0.1, 0.15) is 17.5 Å². The maximum atomic E-state index is 12.5. The summed E-state index contributed by atoms with van der Waals surface area (Å²) in [5, 5.41) is 5.97. The number of benzene rings is 2. The molecule has 4 N–H and O–H groups in total. The van der Waals surface area contributed by atoms with Crippen LogP contribution in [0.15, 0.2) is 54.6 Å². The molecule has 0 saturated heterocycles. The van der Waals surface area contributed by atoms with E-state index in [0.29, 0.717) is 37.6 Å². The quantitative estimate of drug-likeness (QED) is 0.577. The molecule has 0 unspecified atom stereocenters. The minimum atomic E-state index is -0.392. The van der Waals surface area contributed by atoms with Crippen LogP contribution in [-0.2, 0) is 17.9 Å². The van der Waals surface area contributed by atoms with Crippen molar-refractivity contribution in [2.45, 2.75) is 19.5 Å². The highest BCUT2D eigenvalue weighted by molar-refractivity contribution is 6.30. The maximum Gasteiger partial charge on any atom is 0.315 e. The zero-order valence-electron chi connectivity index (χ0n) is 15.6. The van der Waals surface area contributed by atoms with Crippen LogP contribution in [0.5, 0.6) is 0 Å². The average Bonchev–Trinajstić information content (AvgIpc) is 2.69. The second kappa shape index (κ2) is 13.0. The van der Waals surface area contributed by atoms with E-state index in [1.165, 1.54) is 0 Å². The molecule has 0 saturated carbocycles. The molecule has 6 nitrogen and oxygen atoms in total. The molecule has 0 bridgehead atoms. The number of urea groups is 1. The van der Waals surface area contributed by atoms with E-state index in [-0.39, 0.29) is 24.9 Å². The lowest BCUT2D eigenvalue weighted by Gasteiger charge is -2.23. The minimum Gasteiger partial charge on any atom is -0.337 e. The van der Waals surface area contributed by atoms with Gasteiger partial charge in [0, 0.05) is 24.7 Å². The fourth-order valence-corrected chi connectivity index (χ4v) is 2.62. The van der Waals surface area contributed by atoms with Crippen molar-refractivity contribution in [1.82, 2.24) is 15.5 Å². The van der Waals surface area contributed by atoms with Crippen molar-refractivity contribution in [2.75, 3.05) is 19.6 Å². The van der Waals surface area contributed by atoms with Gasteiger partial charge in [-0.2, -0.15) is 0 Å². The van der Waals surface area contributed by atoms with Crippen LogP contribution in [0, 0.1) is 0 Å². The normalized spacial score (nSPS) is 9.93. The fourth-order valence-electron chi connectivity index (χ4n) is 2.49. The fraction of sp³-hybridized carbons (Fsp3) is 0.300. The first-order valence-corrected chi connectivity index (χ1v) is 9.24. The van der Waals surface area contributed by atoms with Crippen molar-refractivity contribution in [1.29, 1.82) is 0 Å². The molecule has 3 amide bonds. The summed E-state index contributed by atoms with van der Waals surface area (Å²) in [7, 11) is 0. The van der Waals surface area contributed by atoms with E-state index in [2.05, 4.69) is 10.6 Å². The summed E-state index contributed by atoms with van der Waals surface area (Å²) in [6.07, 6.45) is 0.710. The Balaban J connectivity index is 0.00000392. The van der Waals surface area contributed by atoms with Gasteiger partial charge in [-0.15, -0.1) is 12.4 Å². The van der Waals surface area contributed by atoms with Crippen molar-refractivity contribution in [3.8, 4) is 0 Å². The number of hydrogen-bond acceptors (Lipinski definition) is 3. The van der Waals surface area contributed by atoms with Crippen molar-refractivity contribution in [3.63, 3.8) is 0 Å². The topological polar surface area (TPSA) is 87.5 Å². The van der Waals surface area contributed by atoms with Gasteiger partial charge in [-0.05, 0) is 36.2 Å². The van der Waals surface area contributed by atoms with Crippen LogP contribution in [0.2, 0.25) is 5.02 Å². The number of rotatable bonds is 9. The molecule has 0 heterocycles. The largest absolute Gasteiger partial charge is 0.337 e. The van der Waals surface area contributed by atoms with Crippen LogP contribution < -0.4 is 16.4 Å². The summed E-state index contributed by atoms with van der Waals surface area (Å²) >= 11 is 5.83. The minimum absolute atomic E-state index is 0. The van der Waals surface area contributed by atoms with Gasteiger partial charge in [-0.25, -0.2) is 4.79 Å². The first-order valence-electron chi connectivity index (χ1n) is 8.86. The van der Waals surface area contributed by atoms with E-state index in [1.807, 2.05) is 42.5 Å². The third-order valence-electron chi connectivity index (χ3n) is 3.97. The van der Waals surface area contributed by atoms with Crippen LogP contribution in [0.4, 0.5) is 4.79 Å². The molecule has 0 aromatic heterocycles. The summed E-state index contributed by atoms with van der Waals surface area (Å²) in [4.78, 5) is 26.2. The first-order chi connectivity index (χ1) is 13.1. The molecule has 2 aromatic carbocycles. The van der Waals surface area contributed by atoms with Gasteiger partial charge < -0.3 is 21.3 Å². The standard InChI is InChI=1S/C20H25ClN4O2.ClH/c21-18-9-7-16(8-10-18)13-23-20(27)24-14-19(26)25(12-4-11-22)15-17-5-2-1-3-6-17;/h1-3,5-10H,4,11-15,22H2,(H2,23,24,27);1H. The highest BCUT2D eigenvalue weighted by atomic mass is 35.5. The van der Waals surface area contributed by atoms with Gasteiger partial charge in [0.05, 0.1) is 6.54 Å². The number of nitrogens with two attached hydrogens (primary N) is 1. The summed E-state index contributed by atoms with van der Waals surface area (Å²) in [5.41, 5.74) is 7.53. The lowest BCUT2D eigenvalue weighted by atomic mass is 10.2. The Hall–Kier alpha value is -2.28. The Bertz CT molecular complexity index is 727. The molecule has 0 aliphatic heterocycles. The molecule has 8 heteroatoms.